The first kappa shape index (κ1) is 16.1. The maximum absolute atomic E-state index is 11.8. The first-order valence-corrected chi connectivity index (χ1v) is 8.01. The molecule has 21 heavy (non-hydrogen) atoms. The number of primary amides is 1. The average molecular weight is 331 g/mol. The molecule has 0 spiro atoms. The number of halogens is 1. The van der Waals surface area contributed by atoms with E-state index in [0.717, 1.165) is 30.8 Å². The van der Waals surface area contributed by atoms with Crippen molar-refractivity contribution in [1.29, 1.82) is 0 Å². The molecule has 116 valence electrons. The summed E-state index contributed by atoms with van der Waals surface area (Å²) in [6.45, 7) is 2.31. The van der Waals surface area contributed by atoms with Gasteiger partial charge in [0.25, 0.3) is 0 Å². The summed E-state index contributed by atoms with van der Waals surface area (Å²) < 4.78 is 0.717. The largest absolute Gasteiger partial charge is 0.369 e. The Kier molecular flexibility index (Phi) is 5.84. The van der Waals surface area contributed by atoms with Crippen molar-refractivity contribution in [2.75, 3.05) is 19.6 Å². The molecule has 2 rings (SSSR count). The van der Waals surface area contributed by atoms with Crippen molar-refractivity contribution < 1.29 is 9.59 Å². The molecular weight excluding hydrogens is 312 g/mol. The van der Waals surface area contributed by atoms with Gasteiger partial charge in [-0.15, -0.1) is 11.3 Å². The van der Waals surface area contributed by atoms with Gasteiger partial charge < -0.3 is 16.4 Å². The van der Waals surface area contributed by atoms with Crippen LogP contribution in [0.2, 0.25) is 4.34 Å². The Hall–Kier alpha value is -1.31. The molecule has 3 amide bonds. The summed E-state index contributed by atoms with van der Waals surface area (Å²) in [5.74, 6) is -0.311. The molecule has 0 bridgehead atoms. The molecule has 0 aliphatic carbocycles. The number of nitrogens with one attached hydrogen (secondary N) is 2. The first-order chi connectivity index (χ1) is 10.0. The number of piperidine rings is 1. The van der Waals surface area contributed by atoms with E-state index in [1.165, 1.54) is 11.3 Å². The highest BCUT2D eigenvalue weighted by Gasteiger charge is 2.21. The molecule has 1 aromatic heterocycles. The predicted octanol–water partition coefficient (Wildman–Crippen LogP) is 1.15. The van der Waals surface area contributed by atoms with Crippen LogP contribution in [0.3, 0.4) is 0 Å². The fourth-order valence-corrected chi connectivity index (χ4v) is 3.33. The van der Waals surface area contributed by atoms with Gasteiger partial charge in [-0.25, -0.2) is 4.79 Å². The quantitative estimate of drug-likeness (QED) is 0.757. The Morgan fingerprint density at radius 1 is 1.38 bits per heavy atom. The van der Waals surface area contributed by atoms with Crippen LogP contribution < -0.4 is 16.4 Å². The summed E-state index contributed by atoms with van der Waals surface area (Å²) in [6.07, 6.45) is 1.65. The number of nitrogens with two attached hydrogens (primary N) is 1. The van der Waals surface area contributed by atoms with Crippen LogP contribution in [0.15, 0.2) is 12.1 Å². The molecule has 2 heterocycles. The van der Waals surface area contributed by atoms with Crippen molar-refractivity contribution in [2.45, 2.75) is 25.4 Å². The van der Waals surface area contributed by atoms with Gasteiger partial charge in [0.1, 0.15) is 0 Å². The number of thiophene rings is 1. The number of carbonyl (C=O) groups is 2. The number of likely N-dealkylation sites (tertiary alicyclic amines) is 1. The van der Waals surface area contributed by atoms with Crippen LogP contribution in [0, 0.1) is 0 Å². The molecule has 1 fully saturated rings. The van der Waals surface area contributed by atoms with Gasteiger partial charge in [-0.2, -0.15) is 0 Å². The SMILES string of the molecule is NC(=O)CN1CCC(NC(=O)NCc2ccc(Cl)s2)CC1. The van der Waals surface area contributed by atoms with Crippen molar-refractivity contribution >= 4 is 34.9 Å². The summed E-state index contributed by atoms with van der Waals surface area (Å²) in [4.78, 5) is 25.7. The van der Waals surface area contributed by atoms with Gasteiger partial charge in [0.15, 0.2) is 0 Å². The lowest BCUT2D eigenvalue weighted by Crippen LogP contribution is -2.49. The monoisotopic (exact) mass is 330 g/mol. The summed E-state index contributed by atoms with van der Waals surface area (Å²) in [5.41, 5.74) is 5.17. The Morgan fingerprint density at radius 3 is 2.67 bits per heavy atom. The maximum atomic E-state index is 11.8. The van der Waals surface area contributed by atoms with Crippen LogP contribution in [-0.2, 0) is 11.3 Å². The second-order valence-corrected chi connectivity index (χ2v) is 6.85. The van der Waals surface area contributed by atoms with E-state index in [9.17, 15) is 9.59 Å². The summed E-state index contributed by atoms with van der Waals surface area (Å²) in [5, 5.41) is 5.77. The molecule has 1 aliphatic rings. The number of hydrogen-bond acceptors (Lipinski definition) is 4. The minimum Gasteiger partial charge on any atom is -0.369 e. The predicted molar refractivity (Wildman–Crippen MR) is 83.4 cm³/mol. The number of carbonyl (C=O) groups excluding carboxylic acids is 2. The van der Waals surface area contributed by atoms with Gasteiger partial charge in [-0.1, -0.05) is 11.6 Å². The minimum absolute atomic E-state index is 0.140. The van der Waals surface area contributed by atoms with Crippen molar-refractivity contribution in [3.8, 4) is 0 Å². The molecule has 8 heteroatoms. The van der Waals surface area contributed by atoms with Crippen molar-refractivity contribution in [3.05, 3.63) is 21.3 Å². The van der Waals surface area contributed by atoms with Gasteiger partial charge in [0.2, 0.25) is 5.91 Å². The zero-order chi connectivity index (χ0) is 15.2. The van der Waals surface area contributed by atoms with E-state index in [4.69, 9.17) is 17.3 Å². The Morgan fingerprint density at radius 2 is 2.10 bits per heavy atom. The topological polar surface area (TPSA) is 87.5 Å². The molecule has 0 aromatic carbocycles. The smallest absolute Gasteiger partial charge is 0.315 e. The highest BCUT2D eigenvalue weighted by Crippen LogP contribution is 2.20. The number of nitrogens with zero attached hydrogens (tertiary/aromatic N) is 1. The molecule has 4 N–H and O–H groups in total. The Balaban J connectivity index is 1.66. The number of rotatable bonds is 5. The molecule has 0 unspecified atom stereocenters. The molecule has 0 saturated carbocycles. The maximum Gasteiger partial charge on any atom is 0.315 e. The molecule has 1 aliphatic heterocycles. The van der Waals surface area contributed by atoms with Crippen molar-refractivity contribution in [2.24, 2.45) is 5.73 Å². The summed E-state index contributed by atoms with van der Waals surface area (Å²) >= 11 is 7.29. The third-order valence-corrected chi connectivity index (χ3v) is 4.59. The molecule has 0 atom stereocenters. The number of urea groups is 1. The van der Waals surface area contributed by atoms with Crippen LogP contribution in [0.1, 0.15) is 17.7 Å². The lowest BCUT2D eigenvalue weighted by atomic mass is 10.1. The number of amides is 3. The number of hydrogen-bond donors (Lipinski definition) is 3. The molecule has 1 saturated heterocycles. The molecule has 1 aromatic rings. The summed E-state index contributed by atoms with van der Waals surface area (Å²) in [6, 6.07) is 3.68. The zero-order valence-electron chi connectivity index (χ0n) is 11.6. The van der Waals surface area contributed by atoms with Gasteiger partial charge in [0.05, 0.1) is 17.4 Å². The van der Waals surface area contributed by atoms with E-state index >= 15 is 0 Å². The van der Waals surface area contributed by atoms with E-state index in [1.54, 1.807) is 0 Å². The highest BCUT2D eigenvalue weighted by atomic mass is 35.5. The fraction of sp³-hybridized carbons (Fsp3) is 0.538. The molecule has 6 nitrogen and oxygen atoms in total. The lowest BCUT2D eigenvalue weighted by Gasteiger charge is -2.31. The highest BCUT2D eigenvalue weighted by molar-refractivity contribution is 7.16. The van der Waals surface area contributed by atoms with E-state index in [0.29, 0.717) is 10.9 Å². The third-order valence-electron chi connectivity index (χ3n) is 3.35. The Labute approximate surface area is 132 Å². The summed E-state index contributed by atoms with van der Waals surface area (Å²) in [7, 11) is 0. The van der Waals surface area contributed by atoms with Gasteiger partial charge >= 0.3 is 6.03 Å². The lowest BCUT2D eigenvalue weighted by molar-refractivity contribution is -0.119. The second-order valence-electron chi connectivity index (χ2n) is 5.05. The Bertz CT molecular complexity index is 500. The van der Waals surface area contributed by atoms with Gasteiger partial charge in [0, 0.05) is 24.0 Å². The van der Waals surface area contributed by atoms with E-state index in [-0.39, 0.29) is 24.5 Å². The van der Waals surface area contributed by atoms with Crippen LogP contribution in [0.5, 0.6) is 0 Å². The normalized spacial score (nSPS) is 16.6. The van der Waals surface area contributed by atoms with Crippen molar-refractivity contribution in [1.82, 2.24) is 15.5 Å². The first-order valence-electron chi connectivity index (χ1n) is 6.82. The third kappa shape index (κ3) is 5.53. The average Bonchev–Trinajstić information content (AvgIpc) is 2.84. The van der Waals surface area contributed by atoms with E-state index < -0.39 is 0 Å². The zero-order valence-corrected chi connectivity index (χ0v) is 13.2. The van der Waals surface area contributed by atoms with Gasteiger partial charge in [-0.05, 0) is 25.0 Å². The van der Waals surface area contributed by atoms with Crippen LogP contribution in [-0.4, -0.2) is 42.5 Å². The standard InChI is InChI=1S/C13H19ClN4O2S/c14-11-2-1-10(21-11)7-16-13(20)17-9-3-5-18(6-4-9)8-12(15)19/h1-2,9H,3-8H2,(H2,15,19)(H2,16,17,20). The van der Waals surface area contributed by atoms with Crippen LogP contribution in [0.4, 0.5) is 4.79 Å². The fourth-order valence-electron chi connectivity index (χ4n) is 2.31. The molecular formula is C13H19ClN4O2S. The van der Waals surface area contributed by atoms with Crippen LogP contribution >= 0.6 is 22.9 Å². The van der Waals surface area contributed by atoms with Gasteiger partial charge in [-0.3, -0.25) is 9.69 Å². The second kappa shape index (κ2) is 7.63. The molecule has 0 radical (unpaired) electrons. The van der Waals surface area contributed by atoms with E-state index in [2.05, 4.69) is 10.6 Å². The van der Waals surface area contributed by atoms with Crippen LogP contribution in [0.25, 0.3) is 0 Å². The minimum atomic E-state index is -0.311. The van der Waals surface area contributed by atoms with E-state index in [1.807, 2.05) is 17.0 Å². The van der Waals surface area contributed by atoms with Crippen molar-refractivity contribution in [3.63, 3.8) is 0 Å².